The molecular formula is C9H12O4. The minimum absolute atomic E-state index is 0.958. The number of methoxy groups -OCH3 is 1. The third kappa shape index (κ3) is 4.16. The maximum atomic E-state index is 10.9. The molecule has 0 amide bonds. The zero-order valence-corrected chi connectivity index (χ0v) is 8.13. The van der Waals surface area contributed by atoms with Gasteiger partial charge in [-0.15, -0.1) is 5.92 Å². The molecule has 0 bridgehead atoms. The lowest BCUT2D eigenvalue weighted by molar-refractivity contribution is -0.171. The summed E-state index contributed by atoms with van der Waals surface area (Å²) in [4.78, 5) is 21.5. The van der Waals surface area contributed by atoms with E-state index in [1.54, 1.807) is 20.8 Å². The Morgan fingerprint density at radius 3 is 2.15 bits per heavy atom. The molecule has 4 nitrogen and oxygen atoms in total. The van der Waals surface area contributed by atoms with Crippen LogP contribution in [0.1, 0.15) is 20.8 Å². The molecule has 0 unspecified atom stereocenters. The lowest BCUT2D eigenvalue weighted by Gasteiger charge is -2.17. The van der Waals surface area contributed by atoms with E-state index in [0.717, 1.165) is 7.11 Å². The van der Waals surface area contributed by atoms with Crippen LogP contribution in [0.5, 0.6) is 0 Å². The Bertz CT molecular complexity index is 267. The van der Waals surface area contributed by atoms with E-state index in [4.69, 9.17) is 4.74 Å². The number of ether oxygens (including phenoxy) is 2. The van der Waals surface area contributed by atoms with Crippen LogP contribution in [0.25, 0.3) is 0 Å². The molecule has 0 rings (SSSR count). The first kappa shape index (κ1) is 11.5. The van der Waals surface area contributed by atoms with Crippen LogP contribution in [0.2, 0.25) is 0 Å². The van der Waals surface area contributed by atoms with E-state index in [1.165, 1.54) is 0 Å². The van der Waals surface area contributed by atoms with Gasteiger partial charge in [0.1, 0.15) is 0 Å². The summed E-state index contributed by atoms with van der Waals surface area (Å²) in [7, 11) is 1.11. The van der Waals surface area contributed by atoms with Crippen molar-refractivity contribution in [2.24, 2.45) is 0 Å². The van der Waals surface area contributed by atoms with Gasteiger partial charge in [0.15, 0.2) is 5.60 Å². The van der Waals surface area contributed by atoms with Gasteiger partial charge in [-0.05, 0) is 20.8 Å². The van der Waals surface area contributed by atoms with Crippen LogP contribution < -0.4 is 0 Å². The first-order valence-electron chi connectivity index (χ1n) is 3.68. The van der Waals surface area contributed by atoms with Crippen molar-refractivity contribution in [1.82, 2.24) is 0 Å². The number of esters is 2. The summed E-state index contributed by atoms with van der Waals surface area (Å²) >= 11 is 0. The maximum Gasteiger partial charge on any atom is 0.418 e. The Morgan fingerprint density at radius 1 is 1.23 bits per heavy atom. The van der Waals surface area contributed by atoms with Gasteiger partial charge in [0.25, 0.3) is 0 Å². The highest BCUT2D eigenvalue weighted by atomic mass is 16.6. The smallest absolute Gasteiger partial charge is 0.418 e. The fourth-order valence-corrected chi connectivity index (χ4v) is 0.683. The van der Waals surface area contributed by atoms with Gasteiger partial charge in [0, 0.05) is 0 Å². The van der Waals surface area contributed by atoms with Crippen molar-refractivity contribution in [3.8, 4) is 11.8 Å². The van der Waals surface area contributed by atoms with Crippen LogP contribution in [0, 0.1) is 11.8 Å². The normalized spacial score (nSPS) is 9.54. The van der Waals surface area contributed by atoms with Crippen LogP contribution in [0.3, 0.4) is 0 Å². The number of hydrogen-bond acceptors (Lipinski definition) is 4. The van der Waals surface area contributed by atoms with Crippen LogP contribution >= 0.6 is 0 Å². The predicted octanol–water partition coefficient (Wildman–Crippen LogP) is 0.504. The number of carbonyl (C=O) groups is 2. The van der Waals surface area contributed by atoms with Gasteiger partial charge in [-0.3, -0.25) is 0 Å². The Kier molecular flexibility index (Phi) is 3.99. The SMILES string of the molecule is CC#CC(C)(C)OC(=O)C(=O)OC. The second-order valence-corrected chi connectivity index (χ2v) is 2.77. The third-order valence-corrected chi connectivity index (χ3v) is 1.13. The number of hydrogen-bond donors (Lipinski definition) is 0. The molecule has 0 atom stereocenters. The molecule has 13 heavy (non-hydrogen) atoms. The second kappa shape index (κ2) is 4.51. The van der Waals surface area contributed by atoms with Crippen molar-refractivity contribution < 1.29 is 19.1 Å². The first-order valence-corrected chi connectivity index (χ1v) is 3.68. The van der Waals surface area contributed by atoms with Crippen molar-refractivity contribution in [2.75, 3.05) is 7.11 Å². The van der Waals surface area contributed by atoms with Crippen molar-refractivity contribution in [3.63, 3.8) is 0 Å². The van der Waals surface area contributed by atoms with Crippen molar-refractivity contribution in [3.05, 3.63) is 0 Å². The molecule has 0 fully saturated rings. The highest BCUT2D eigenvalue weighted by Crippen LogP contribution is 2.07. The van der Waals surface area contributed by atoms with Crippen molar-refractivity contribution in [1.29, 1.82) is 0 Å². The number of rotatable bonds is 1. The minimum atomic E-state index is -1.03. The molecule has 0 aliphatic carbocycles. The van der Waals surface area contributed by atoms with E-state index in [2.05, 4.69) is 16.6 Å². The van der Waals surface area contributed by atoms with Crippen molar-refractivity contribution >= 4 is 11.9 Å². The summed E-state index contributed by atoms with van der Waals surface area (Å²) in [6.07, 6.45) is 0. The molecule has 72 valence electrons. The largest absolute Gasteiger partial charge is 0.461 e. The van der Waals surface area contributed by atoms with E-state index in [9.17, 15) is 9.59 Å². The topological polar surface area (TPSA) is 52.6 Å². The molecule has 0 heterocycles. The summed E-state index contributed by atoms with van der Waals surface area (Å²) in [6, 6.07) is 0. The van der Waals surface area contributed by atoms with Crippen molar-refractivity contribution in [2.45, 2.75) is 26.4 Å². The van der Waals surface area contributed by atoms with Gasteiger partial charge >= 0.3 is 11.9 Å². The highest BCUT2D eigenvalue weighted by Gasteiger charge is 2.25. The lowest BCUT2D eigenvalue weighted by atomic mass is 10.1. The lowest BCUT2D eigenvalue weighted by Crippen LogP contribution is -2.31. The first-order chi connectivity index (χ1) is 5.93. The molecule has 0 spiro atoms. The van der Waals surface area contributed by atoms with Gasteiger partial charge in [0.05, 0.1) is 7.11 Å². The fraction of sp³-hybridized carbons (Fsp3) is 0.556. The minimum Gasteiger partial charge on any atom is -0.461 e. The zero-order chi connectivity index (χ0) is 10.5. The maximum absolute atomic E-state index is 10.9. The summed E-state index contributed by atoms with van der Waals surface area (Å²) in [6.45, 7) is 4.79. The van der Waals surface area contributed by atoms with Crippen LogP contribution in [0.4, 0.5) is 0 Å². The van der Waals surface area contributed by atoms with Gasteiger partial charge in [-0.25, -0.2) is 9.59 Å². The monoisotopic (exact) mass is 184 g/mol. The van der Waals surface area contributed by atoms with E-state index >= 15 is 0 Å². The summed E-state index contributed by atoms with van der Waals surface area (Å²) in [5.41, 5.74) is -0.958. The molecular weight excluding hydrogens is 172 g/mol. The Hall–Kier alpha value is -1.50. The molecule has 0 saturated carbocycles. The van der Waals surface area contributed by atoms with Crippen LogP contribution in [-0.2, 0) is 19.1 Å². The number of carbonyl (C=O) groups excluding carboxylic acids is 2. The summed E-state index contributed by atoms with van der Waals surface area (Å²) in [5, 5.41) is 0. The molecule has 0 aliphatic heterocycles. The molecule has 0 saturated heterocycles. The second-order valence-electron chi connectivity index (χ2n) is 2.77. The Labute approximate surface area is 77.2 Å². The summed E-state index contributed by atoms with van der Waals surface area (Å²) in [5.74, 6) is 3.17. The molecule has 0 aromatic carbocycles. The van der Waals surface area contributed by atoms with E-state index in [1.807, 2.05) is 0 Å². The molecule has 0 N–H and O–H groups in total. The van der Waals surface area contributed by atoms with E-state index in [-0.39, 0.29) is 0 Å². The molecule has 0 radical (unpaired) electrons. The molecule has 4 heteroatoms. The van der Waals surface area contributed by atoms with Gasteiger partial charge in [-0.2, -0.15) is 0 Å². The van der Waals surface area contributed by atoms with Gasteiger partial charge in [0.2, 0.25) is 0 Å². The van der Waals surface area contributed by atoms with Crippen LogP contribution in [0.15, 0.2) is 0 Å². The standard InChI is InChI=1S/C9H12O4/c1-5-6-9(2,3)13-8(11)7(10)12-4/h1-4H3. The van der Waals surface area contributed by atoms with E-state index in [0.29, 0.717) is 0 Å². The zero-order valence-electron chi connectivity index (χ0n) is 8.13. The molecule has 0 aromatic heterocycles. The summed E-state index contributed by atoms with van der Waals surface area (Å²) < 4.78 is 8.92. The Morgan fingerprint density at radius 2 is 1.77 bits per heavy atom. The van der Waals surface area contributed by atoms with Gasteiger partial charge < -0.3 is 9.47 Å². The fourth-order valence-electron chi connectivity index (χ4n) is 0.683. The Balaban J connectivity index is 4.33. The highest BCUT2D eigenvalue weighted by molar-refractivity contribution is 6.29. The van der Waals surface area contributed by atoms with Gasteiger partial charge in [-0.1, -0.05) is 5.92 Å². The average Bonchev–Trinajstić information content (AvgIpc) is 2.01. The quantitative estimate of drug-likeness (QED) is 0.338. The third-order valence-electron chi connectivity index (χ3n) is 1.13. The average molecular weight is 184 g/mol. The molecule has 0 aromatic rings. The molecule has 0 aliphatic rings. The predicted molar refractivity (Wildman–Crippen MR) is 45.6 cm³/mol. The van der Waals surface area contributed by atoms with E-state index < -0.39 is 17.5 Å². The van der Waals surface area contributed by atoms with Crippen LogP contribution in [-0.4, -0.2) is 24.6 Å².